The van der Waals surface area contributed by atoms with Crippen LogP contribution in [0.5, 0.6) is 0 Å². The fourth-order valence-electron chi connectivity index (χ4n) is 1.79. The largest absolute Gasteiger partial charge is 0.325 e. The SMILES string of the molecule is CC(C)(C)SCC(=O)Nc1cccc(C2SCCS2)c1. The third-order valence-electron chi connectivity index (χ3n) is 2.70. The zero-order valence-electron chi connectivity index (χ0n) is 12.1. The first-order chi connectivity index (χ1) is 9.44. The Balaban J connectivity index is 1.92. The van der Waals surface area contributed by atoms with Gasteiger partial charge in [-0.2, -0.15) is 0 Å². The van der Waals surface area contributed by atoms with Crippen LogP contribution in [0.3, 0.4) is 0 Å². The van der Waals surface area contributed by atoms with E-state index in [2.05, 4.69) is 38.2 Å². The van der Waals surface area contributed by atoms with Crippen LogP contribution in [0.15, 0.2) is 24.3 Å². The molecule has 1 aliphatic heterocycles. The highest BCUT2D eigenvalue weighted by molar-refractivity contribution is 8.19. The first-order valence-corrected chi connectivity index (χ1v) is 9.79. The van der Waals surface area contributed by atoms with Gasteiger partial charge in [0.1, 0.15) is 0 Å². The van der Waals surface area contributed by atoms with Crippen LogP contribution in [0.2, 0.25) is 0 Å². The van der Waals surface area contributed by atoms with Gasteiger partial charge >= 0.3 is 0 Å². The Labute approximate surface area is 134 Å². The average molecular weight is 328 g/mol. The molecule has 2 rings (SSSR count). The summed E-state index contributed by atoms with van der Waals surface area (Å²) in [4.78, 5) is 11.9. The maximum absolute atomic E-state index is 11.9. The summed E-state index contributed by atoms with van der Waals surface area (Å²) in [5.74, 6) is 3.01. The lowest BCUT2D eigenvalue weighted by Gasteiger charge is -2.17. The van der Waals surface area contributed by atoms with Gasteiger partial charge in [-0.05, 0) is 17.7 Å². The Kier molecular flexibility index (Phi) is 5.75. The fraction of sp³-hybridized carbons (Fsp3) is 0.533. The molecule has 0 bridgehead atoms. The minimum Gasteiger partial charge on any atom is -0.325 e. The van der Waals surface area contributed by atoms with Gasteiger partial charge in [0.25, 0.3) is 0 Å². The molecule has 0 atom stereocenters. The summed E-state index contributed by atoms with van der Waals surface area (Å²) in [6.45, 7) is 6.38. The highest BCUT2D eigenvalue weighted by Gasteiger charge is 2.19. The second-order valence-corrected chi connectivity index (χ2v) is 10.2. The summed E-state index contributed by atoms with van der Waals surface area (Å²) < 4.78 is 0.645. The highest BCUT2D eigenvalue weighted by Crippen LogP contribution is 2.45. The standard InChI is InChI=1S/C15H21NOS3/c1-15(2,3)20-10-13(17)16-12-6-4-5-11(9-12)14-18-7-8-19-14/h4-6,9,14H,7-8,10H2,1-3H3,(H,16,17). The number of rotatable bonds is 4. The van der Waals surface area contributed by atoms with Crippen molar-refractivity contribution in [2.24, 2.45) is 0 Å². The van der Waals surface area contributed by atoms with Crippen LogP contribution < -0.4 is 5.32 Å². The molecule has 0 saturated carbocycles. The van der Waals surface area contributed by atoms with E-state index in [0.29, 0.717) is 10.3 Å². The molecule has 1 saturated heterocycles. The molecule has 0 aromatic heterocycles. The molecule has 20 heavy (non-hydrogen) atoms. The molecule has 1 N–H and O–H groups in total. The highest BCUT2D eigenvalue weighted by atomic mass is 32.2. The summed E-state index contributed by atoms with van der Waals surface area (Å²) in [6, 6.07) is 8.25. The topological polar surface area (TPSA) is 29.1 Å². The molecule has 1 amide bonds. The van der Waals surface area contributed by atoms with Crippen molar-refractivity contribution in [3.63, 3.8) is 0 Å². The van der Waals surface area contributed by atoms with Gasteiger partial charge in [-0.15, -0.1) is 35.3 Å². The summed E-state index contributed by atoms with van der Waals surface area (Å²) in [7, 11) is 0. The summed E-state index contributed by atoms with van der Waals surface area (Å²) in [5, 5.41) is 3.00. The molecule has 110 valence electrons. The van der Waals surface area contributed by atoms with Crippen molar-refractivity contribution in [3.8, 4) is 0 Å². The van der Waals surface area contributed by atoms with Crippen LogP contribution in [-0.2, 0) is 4.79 Å². The fourth-order valence-corrected chi connectivity index (χ4v) is 5.27. The number of carbonyl (C=O) groups excluding carboxylic acids is 1. The number of hydrogen-bond acceptors (Lipinski definition) is 4. The average Bonchev–Trinajstić information content (AvgIpc) is 2.90. The third kappa shape index (κ3) is 5.26. The molecule has 0 unspecified atom stereocenters. The number of amides is 1. The van der Waals surface area contributed by atoms with Crippen molar-refractivity contribution in [2.75, 3.05) is 22.6 Å². The first-order valence-electron chi connectivity index (χ1n) is 6.71. The number of benzene rings is 1. The lowest BCUT2D eigenvalue weighted by Crippen LogP contribution is -2.18. The number of carbonyl (C=O) groups is 1. The Morgan fingerprint density at radius 2 is 2.05 bits per heavy atom. The minimum absolute atomic E-state index is 0.0776. The van der Waals surface area contributed by atoms with E-state index in [1.54, 1.807) is 11.8 Å². The molecule has 1 aliphatic rings. The van der Waals surface area contributed by atoms with Gasteiger partial charge in [0.2, 0.25) is 5.91 Å². The van der Waals surface area contributed by atoms with Gasteiger partial charge in [-0.3, -0.25) is 4.79 Å². The predicted molar refractivity (Wildman–Crippen MR) is 94.9 cm³/mol. The Morgan fingerprint density at radius 3 is 2.70 bits per heavy atom. The van der Waals surface area contributed by atoms with Crippen molar-refractivity contribution in [3.05, 3.63) is 29.8 Å². The van der Waals surface area contributed by atoms with Crippen LogP contribution in [0.25, 0.3) is 0 Å². The van der Waals surface area contributed by atoms with Crippen LogP contribution in [0, 0.1) is 0 Å². The number of hydrogen-bond donors (Lipinski definition) is 1. The Morgan fingerprint density at radius 1 is 1.35 bits per heavy atom. The third-order valence-corrected chi connectivity index (χ3v) is 7.08. The van der Waals surface area contributed by atoms with Gasteiger partial charge in [0.15, 0.2) is 0 Å². The monoisotopic (exact) mass is 327 g/mol. The van der Waals surface area contributed by atoms with E-state index in [1.165, 1.54) is 17.1 Å². The van der Waals surface area contributed by atoms with E-state index in [1.807, 2.05) is 35.7 Å². The second kappa shape index (κ2) is 7.14. The van der Waals surface area contributed by atoms with E-state index in [0.717, 1.165) is 5.69 Å². The second-order valence-electron chi connectivity index (χ2n) is 5.65. The van der Waals surface area contributed by atoms with E-state index in [9.17, 15) is 4.79 Å². The van der Waals surface area contributed by atoms with Crippen LogP contribution >= 0.6 is 35.3 Å². The van der Waals surface area contributed by atoms with Crippen molar-refractivity contribution in [1.82, 2.24) is 0 Å². The zero-order valence-corrected chi connectivity index (χ0v) is 14.6. The smallest absolute Gasteiger partial charge is 0.234 e. The maximum atomic E-state index is 11.9. The Hall–Kier alpha value is -0.260. The number of anilines is 1. The molecule has 5 heteroatoms. The van der Waals surface area contributed by atoms with Crippen molar-refractivity contribution >= 4 is 46.9 Å². The van der Waals surface area contributed by atoms with E-state index < -0.39 is 0 Å². The molecule has 1 aromatic carbocycles. The quantitative estimate of drug-likeness (QED) is 0.872. The van der Waals surface area contributed by atoms with Crippen LogP contribution in [0.1, 0.15) is 30.9 Å². The van der Waals surface area contributed by atoms with Crippen LogP contribution in [-0.4, -0.2) is 27.9 Å². The van der Waals surface area contributed by atoms with E-state index in [-0.39, 0.29) is 10.7 Å². The van der Waals surface area contributed by atoms with Crippen molar-refractivity contribution < 1.29 is 4.79 Å². The number of nitrogens with one attached hydrogen (secondary N) is 1. The first kappa shape index (κ1) is 16.1. The van der Waals surface area contributed by atoms with Crippen molar-refractivity contribution in [2.45, 2.75) is 30.1 Å². The van der Waals surface area contributed by atoms with Gasteiger partial charge in [0, 0.05) is 21.9 Å². The summed E-state index contributed by atoms with van der Waals surface area (Å²) in [5.41, 5.74) is 2.22. The molecule has 2 nitrogen and oxygen atoms in total. The van der Waals surface area contributed by atoms with E-state index in [4.69, 9.17) is 0 Å². The van der Waals surface area contributed by atoms with Crippen LogP contribution in [0.4, 0.5) is 5.69 Å². The van der Waals surface area contributed by atoms with E-state index >= 15 is 0 Å². The molecule has 1 fully saturated rings. The normalized spacial score (nSPS) is 16.4. The lowest BCUT2D eigenvalue weighted by molar-refractivity contribution is -0.113. The molecular formula is C15H21NOS3. The zero-order chi connectivity index (χ0) is 14.6. The Bertz CT molecular complexity index is 464. The molecular weight excluding hydrogens is 306 g/mol. The maximum Gasteiger partial charge on any atom is 0.234 e. The summed E-state index contributed by atoms with van der Waals surface area (Å²) >= 11 is 5.64. The predicted octanol–water partition coefficient (Wildman–Crippen LogP) is 4.64. The minimum atomic E-state index is 0.0776. The lowest BCUT2D eigenvalue weighted by atomic mass is 10.2. The molecule has 0 aliphatic carbocycles. The summed E-state index contributed by atoms with van der Waals surface area (Å²) in [6.07, 6.45) is 0. The number of thioether (sulfide) groups is 3. The van der Waals surface area contributed by atoms with Gasteiger partial charge < -0.3 is 5.32 Å². The molecule has 1 heterocycles. The van der Waals surface area contributed by atoms with Crippen molar-refractivity contribution in [1.29, 1.82) is 0 Å². The van der Waals surface area contributed by atoms with Gasteiger partial charge in [-0.1, -0.05) is 32.9 Å². The van der Waals surface area contributed by atoms with Gasteiger partial charge in [0.05, 0.1) is 10.3 Å². The van der Waals surface area contributed by atoms with Gasteiger partial charge in [-0.25, -0.2) is 0 Å². The molecule has 0 radical (unpaired) electrons. The molecule has 1 aromatic rings. The molecule has 0 spiro atoms.